The van der Waals surface area contributed by atoms with Crippen LogP contribution in [0.2, 0.25) is 0 Å². The molecule has 4 aromatic rings. The van der Waals surface area contributed by atoms with Gasteiger partial charge >= 0.3 is 5.63 Å². The number of aryl methyl sites for hydroxylation is 1. The molecule has 9 nitrogen and oxygen atoms in total. The Labute approximate surface area is 186 Å². The first kappa shape index (κ1) is 21.9. The van der Waals surface area contributed by atoms with Gasteiger partial charge in [-0.15, -0.1) is 5.10 Å². The molecule has 0 aliphatic heterocycles. The Balaban J connectivity index is 1.69. The van der Waals surface area contributed by atoms with Gasteiger partial charge in [0, 0.05) is 30.5 Å². The average Bonchev–Trinajstić information content (AvgIpc) is 3.26. The number of nitrogens with zero attached hydrogens (tertiary/aromatic N) is 2. The standard InChI is InChI=1S/C20H17FN4O5S2/c1-11-14-7-6-13(29-20-24-23-10-31-20)9-17(14)30-19(26)15(11)8-12-4-3-5-16(18(12)21)25-32(27,28)22-2/h3-7,9-10,22,25H,8H2,1-2H3. The minimum absolute atomic E-state index is 0.0753. The summed E-state index contributed by atoms with van der Waals surface area (Å²) in [6, 6.07) is 9.29. The van der Waals surface area contributed by atoms with Crippen molar-refractivity contribution in [3.05, 3.63) is 74.8 Å². The molecular weight excluding hydrogens is 459 g/mol. The van der Waals surface area contributed by atoms with Crippen LogP contribution in [0, 0.1) is 12.7 Å². The second-order valence-electron chi connectivity index (χ2n) is 6.72. The molecule has 0 radical (unpaired) electrons. The third-order valence-electron chi connectivity index (χ3n) is 4.76. The smallest absolute Gasteiger partial charge is 0.340 e. The molecule has 0 unspecified atom stereocenters. The first-order valence-corrected chi connectivity index (χ1v) is 11.6. The highest BCUT2D eigenvalue weighted by Crippen LogP contribution is 2.29. The van der Waals surface area contributed by atoms with E-state index in [1.165, 1.54) is 42.1 Å². The molecule has 0 spiro atoms. The van der Waals surface area contributed by atoms with Gasteiger partial charge in [0.15, 0.2) is 5.82 Å². The van der Waals surface area contributed by atoms with Gasteiger partial charge in [-0.2, -0.15) is 8.42 Å². The fraction of sp³-hybridized carbons (Fsp3) is 0.150. The van der Waals surface area contributed by atoms with Crippen LogP contribution in [0.1, 0.15) is 16.7 Å². The van der Waals surface area contributed by atoms with Gasteiger partial charge in [0.1, 0.15) is 16.8 Å². The Morgan fingerprint density at radius 1 is 1.25 bits per heavy atom. The van der Waals surface area contributed by atoms with E-state index in [0.29, 0.717) is 27.5 Å². The summed E-state index contributed by atoms with van der Waals surface area (Å²) in [4.78, 5) is 12.7. The van der Waals surface area contributed by atoms with Crippen molar-refractivity contribution >= 4 is 38.2 Å². The van der Waals surface area contributed by atoms with Crippen molar-refractivity contribution in [3.63, 3.8) is 0 Å². The third kappa shape index (κ3) is 4.47. The SMILES string of the molecule is CNS(=O)(=O)Nc1cccc(Cc2c(C)c3ccc(Oc4nncs4)cc3oc2=O)c1F. The quantitative estimate of drug-likeness (QED) is 0.392. The number of aromatic nitrogens is 2. The molecule has 0 fully saturated rings. The van der Waals surface area contributed by atoms with E-state index in [0.717, 1.165) is 0 Å². The van der Waals surface area contributed by atoms with Crippen LogP contribution in [0.25, 0.3) is 11.0 Å². The van der Waals surface area contributed by atoms with Crippen LogP contribution in [0.3, 0.4) is 0 Å². The van der Waals surface area contributed by atoms with E-state index in [4.69, 9.17) is 9.15 Å². The number of hydrogen-bond donors (Lipinski definition) is 2. The Hall–Kier alpha value is -3.35. The van der Waals surface area contributed by atoms with Crippen molar-refractivity contribution in [1.82, 2.24) is 14.9 Å². The monoisotopic (exact) mass is 476 g/mol. The van der Waals surface area contributed by atoms with Crippen LogP contribution in [0.4, 0.5) is 10.1 Å². The van der Waals surface area contributed by atoms with E-state index in [1.54, 1.807) is 25.1 Å². The number of benzene rings is 2. The van der Waals surface area contributed by atoms with Crippen molar-refractivity contribution < 1.29 is 22.0 Å². The summed E-state index contributed by atoms with van der Waals surface area (Å²) >= 11 is 1.22. The van der Waals surface area contributed by atoms with Crippen LogP contribution >= 0.6 is 11.3 Å². The normalized spacial score (nSPS) is 11.6. The summed E-state index contributed by atoms with van der Waals surface area (Å²) < 4.78 is 53.5. The number of halogens is 1. The predicted molar refractivity (Wildman–Crippen MR) is 118 cm³/mol. The van der Waals surface area contributed by atoms with Gasteiger partial charge in [-0.1, -0.05) is 28.6 Å². The third-order valence-corrected chi connectivity index (χ3v) is 6.36. The zero-order valence-electron chi connectivity index (χ0n) is 16.9. The van der Waals surface area contributed by atoms with Gasteiger partial charge in [0.2, 0.25) is 0 Å². The van der Waals surface area contributed by atoms with Gasteiger partial charge in [-0.3, -0.25) is 4.72 Å². The minimum atomic E-state index is -3.89. The fourth-order valence-electron chi connectivity index (χ4n) is 3.13. The van der Waals surface area contributed by atoms with E-state index >= 15 is 0 Å². The van der Waals surface area contributed by atoms with Crippen LogP contribution in [0.5, 0.6) is 10.9 Å². The van der Waals surface area contributed by atoms with E-state index in [9.17, 15) is 17.6 Å². The molecule has 0 aliphatic carbocycles. The molecule has 32 heavy (non-hydrogen) atoms. The molecule has 0 saturated carbocycles. The summed E-state index contributed by atoms with van der Waals surface area (Å²) in [5.41, 5.74) is 2.04. The molecule has 0 amide bonds. The van der Waals surface area contributed by atoms with Gasteiger partial charge in [0.05, 0.1) is 5.69 Å². The lowest BCUT2D eigenvalue weighted by Gasteiger charge is -2.12. The molecule has 2 aromatic heterocycles. The second kappa shape index (κ2) is 8.65. The zero-order valence-corrected chi connectivity index (χ0v) is 18.5. The summed E-state index contributed by atoms with van der Waals surface area (Å²) in [5.74, 6) is -0.342. The molecule has 4 rings (SSSR count). The van der Waals surface area contributed by atoms with Crippen LogP contribution < -0.4 is 19.8 Å². The maximum atomic E-state index is 14.9. The number of hydrogen-bond acceptors (Lipinski definition) is 8. The number of anilines is 1. The van der Waals surface area contributed by atoms with Crippen LogP contribution in [-0.2, 0) is 16.6 Å². The van der Waals surface area contributed by atoms with Crippen LogP contribution in [0.15, 0.2) is 51.1 Å². The van der Waals surface area contributed by atoms with E-state index in [1.807, 2.05) is 0 Å². The highest BCUT2D eigenvalue weighted by Gasteiger charge is 2.18. The highest BCUT2D eigenvalue weighted by atomic mass is 32.2. The number of ether oxygens (including phenoxy) is 1. The highest BCUT2D eigenvalue weighted by molar-refractivity contribution is 7.90. The Bertz CT molecular complexity index is 1450. The van der Waals surface area contributed by atoms with E-state index in [2.05, 4.69) is 19.6 Å². The maximum Gasteiger partial charge on any atom is 0.340 e. The van der Waals surface area contributed by atoms with Gasteiger partial charge in [-0.05, 0) is 36.2 Å². The largest absolute Gasteiger partial charge is 0.430 e. The molecule has 0 aliphatic rings. The summed E-state index contributed by atoms with van der Waals surface area (Å²) in [7, 11) is -2.69. The fourth-order valence-corrected chi connectivity index (χ4v) is 4.10. The molecule has 12 heteroatoms. The first-order chi connectivity index (χ1) is 15.3. The number of rotatable bonds is 7. The molecule has 0 bridgehead atoms. The molecule has 2 N–H and O–H groups in total. The second-order valence-corrected chi connectivity index (χ2v) is 9.14. The predicted octanol–water partition coefficient (Wildman–Crippen LogP) is 3.35. The summed E-state index contributed by atoms with van der Waals surface area (Å²) in [5, 5.41) is 8.51. The zero-order chi connectivity index (χ0) is 22.9. The molecule has 166 valence electrons. The van der Waals surface area contributed by atoms with Crippen molar-refractivity contribution in [2.75, 3.05) is 11.8 Å². The topological polar surface area (TPSA) is 123 Å². The molecule has 0 atom stereocenters. The van der Waals surface area contributed by atoms with Gasteiger partial charge < -0.3 is 9.15 Å². The lowest BCUT2D eigenvalue weighted by atomic mass is 9.99. The first-order valence-electron chi connectivity index (χ1n) is 9.26. The summed E-state index contributed by atoms with van der Waals surface area (Å²) in [6.45, 7) is 1.74. The Morgan fingerprint density at radius 3 is 2.78 bits per heavy atom. The van der Waals surface area contributed by atoms with Crippen LogP contribution in [-0.4, -0.2) is 25.7 Å². The van der Waals surface area contributed by atoms with Gasteiger partial charge in [-0.25, -0.2) is 13.9 Å². The molecular formula is C20H17FN4O5S2. The minimum Gasteiger partial charge on any atom is -0.430 e. The number of fused-ring (bicyclic) bond motifs is 1. The van der Waals surface area contributed by atoms with E-state index in [-0.39, 0.29) is 23.2 Å². The van der Waals surface area contributed by atoms with Crippen molar-refractivity contribution in [2.24, 2.45) is 0 Å². The van der Waals surface area contributed by atoms with Crippen molar-refractivity contribution in [2.45, 2.75) is 13.3 Å². The lowest BCUT2D eigenvalue weighted by Crippen LogP contribution is -2.27. The number of nitrogens with one attached hydrogen (secondary N) is 2. The Morgan fingerprint density at radius 2 is 2.06 bits per heavy atom. The lowest BCUT2D eigenvalue weighted by molar-refractivity contribution is 0.471. The maximum absolute atomic E-state index is 14.9. The molecule has 0 saturated heterocycles. The molecule has 2 aromatic carbocycles. The van der Waals surface area contributed by atoms with Gasteiger partial charge in [0.25, 0.3) is 15.4 Å². The van der Waals surface area contributed by atoms with Crippen molar-refractivity contribution in [1.29, 1.82) is 0 Å². The molecule has 2 heterocycles. The average molecular weight is 477 g/mol. The Kier molecular flexibility index (Phi) is 5.91. The van der Waals surface area contributed by atoms with E-state index < -0.39 is 21.7 Å². The summed E-state index contributed by atoms with van der Waals surface area (Å²) in [6.07, 6.45) is -0.0753. The van der Waals surface area contributed by atoms with Crippen molar-refractivity contribution in [3.8, 4) is 10.9 Å².